The van der Waals surface area contributed by atoms with Gasteiger partial charge >= 0.3 is 0 Å². The second kappa shape index (κ2) is 4.98. The number of ether oxygens (including phenoxy) is 1. The summed E-state index contributed by atoms with van der Waals surface area (Å²) < 4.78 is 5.62. The maximum Gasteiger partial charge on any atom is 0.142 e. The maximum atomic E-state index is 6.00. The van der Waals surface area contributed by atoms with Gasteiger partial charge in [-0.25, -0.2) is 4.98 Å². The predicted molar refractivity (Wildman–Crippen MR) is 77.2 cm³/mol. The number of anilines is 1. The highest BCUT2D eigenvalue weighted by molar-refractivity contribution is 7.15. The minimum absolute atomic E-state index is 0.127. The zero-order valence-corrected chi connectivity index (χ0v) is 12.0. The van der Waals surface area contributed by atoms with E-state index in [0.717, 1.165) is 22.0 Å². The van der Waals surface area contributed by atoms with Gasteiger partial charge in [0.25, 0.3) is 0 Å². The molecule has 0 radical (unpaired) electrons. The molecule has 0 unspecified atom stereocenters. The number of thiazole rings is 1. The fourth-order valence-corrected chi connectivity index (χ4v) is 2.55. The van der Waals surface area contributed by atoms with Crippen molar-refractivity contribution in [1.82, 2.24) is 4.98 Å². The highest BCUT2D eigenvalue weighted by atomic mass is 32.1. The summed E-state index contributed by atoms with van der Waals surface area (Å²) >= 11 is 1.69. The van der Waals surface area contributed by atoms with Gasteiger partial charge in [-0.3, -0.25) is 0 Å². The number of nitrogens with zero attached hydrogens (tertiary/aromatic N) is 1. The summed E-state index contributed by atoms with van der Waals surface area (Å²) in [6.45, 7) is 8.08. The average Bonchev–Trinajstić information content (AvgIpc) is 2.62. The Balaban J connectivity index is 2.33. The van der Waals surface area contributed by atoms with E-state index < -0.39 is 0 Å². The van der Waals surface area contributed by atoms with E-state index in [0.29, 0.717) is 5.69 Å². The van der Waals surface area contributed by atoms with E-state index in [1.807, 2.05) is 39.0 Å². The van der Waals surface area contributed by atoms with E-state index >= 15 is 0 Å². The van der Waals surface area contributed by atoms with Crippen molar-refractivity contribution >= 4 is 17.0 Å². The molecule has 4 heteroatoms. The molecule has 0 aliphatic heterocycles. The molecule has 18 heavy (non-hydrogen) atoms. The van der Waals surface area contributed by atoms with Crippen LogP contribution in [0.3, 0.4) is 0 Å². The molecule has 2 aromatic rings. The van der Waals surface area contributed by atoms with Gasteiger partial charge in [0.05, 0.1) is 17.5 Å². The van der Waals surface area contributed by atoms with Crippen molar-refractivity contribution in [2.75, 3.05) is 5.73 Å². The van der Waals surface area contributed by atoms with Crippen molar-refractivity contribution in [3.63, 3.8) is 0 Å². The van der Waals surface area contributed by atoms with Gasteiger partial charge in [-0.1, -0.05) is 0 Å². The first-order chi connectivity index (χ1) is 8.47. The molecular weight excluding hydrogens is 244 g/mol. The monoisotopic (exact) mass is 262 g/mol. The van der Waals surface area contributed by atoms with Crippen LogP contribution in [0, 0.1) is 13.8 Å². The first-order valence-corrected chi connectivity index (χ1v) is 6.79. The lowest BCUT2D eigenvalue weighted by Gasteiger charge is -2.12. The van der Waals surface area contributed by atoms with Gasteiger partial charge in [0.15, 0.2) is 0 Å². The number of nitrogens with two attached hydrogens (primary N) is 1. The van der Waals surface area contributed by atoms with E-state index in [4.69, 9.17) is 10.5 Å². The molecule has 0 saturated carbocycles. The molecule has 0 aliphatic carbocycles. The van der Waals surface area contributed by atoms with Crippen LogP contribution in [0.15, 0.2) is 18.2 Å². The van der Waals surface area contributed by atoms with Crippen LogP contribution in [0.4, 0.5) is 5.69 Å². The van der Waals surface area contributed by atoms with E-state index in [-0.39, 0.29) is 6.10 Å². The van der Waals surface area contributed by atoms with Crippen LogP contribution >= 0.6 is 11.3 Å². The third kappa shape index (κ3) is 2.64. The number of hydrogen-bond acceptors (Lipinski definition) is 4. The van der Waals surface area contributed by atoms with E-state index in [1.165, 1.54) is 4.88 Å². The Bertz CT molecular complexity index is 541. The van der Waals surface area contributed by atoms with Crippen LogP contribution in [0.25, 0.3) is 10.6 Å². The second-order valence-corrected chi connectivity index (χ2v) is 5.78. The Labute approximate surface area is 112 Å². The summed E-state index contributed by atoms with van der Waals surface area (Å²) in [7, 11) is 0. The topological polar surface area (TPSA) is 48.1 Å². The fourth-order valence-electron chi connectivity index (χ4n) is 1.64. The minimum atomic E-state index is 0.127. The SMILES string of the molecule is Cc1nc(-c2ccc(OC(C)C)c(N)c2)sc1C. The lowest BCUT2D eigenvalue weighted by molar-refractivity contribution is 0.244. The minimum Gasteiger partial charge on any atom is -0.489 e. The van der Waals surface area contributed by atoms with Gasteiger partial charge in [-0.15, -0.1) is 11.3 Å². The number of rotatable bonds is 3. The Morgan fingerprint density at radius 1 is 1.28 bits per heavy atom. The Hall–Kier alpha value is -1.55. The summed E-state index contributed by atoms with van der Waals surface area (Å²) in [5, 5.41) is 1.01. The molecule has 2 rings (SSSR count). The van der Waals surface area contributed by atoms with Crippen LogP contribution in [-0.4, -0.2) is 11.1 Å². The summed E-state index contributed by atoms with van der Waals surface area (Å²) in [5.74, 6) is 0.735. The third-order valence-corrected chi connectivity index (χ3v) is 3.77. The number of aryl methyl sites for hydroxylation is 2. The average molecular weight is 262 g/mol. The van der Waals surface area contributed by atoms with E-state index in [1.54, 1.807) is 11.3 Å². The Morgan fingerprint density at radius 3 is 2.50 bits per heavy atom. The highest BCUT2D eigenvalue weighted by Gasteiger charge is 2.09. The highest BCUT2D eigenvalue weighted by Crippen LogP contribution is 2.32. The van der Waals surface area contributed by atoms with Gasteiger partial charge in [0, 0.05) is 10.4 Å². The number of benzene rings is 1. The van der Waals surface area contributed by atoms with E-state index in [9.17, 15) is 0 Å². The van der Waals surface area contributed by atoms with Crippen LogP contribution in [0.5, 0.6) is 5.75 Å². The summed E-state index contributed by atoms with van der Waals surface area (Å²) in [4.78, 5) is 5.78. The molecule has 1 heterocycles. The summed E-state index contributed by atoms with van der Waals surface area (Å²) in [5.41, 5.74) is 8.79. The zero-order valence-electron chi connectivity index (χ0n) is 11.2. The molecule has 0 fully saturated rings. The van der Waals surface area contributed by atoms with Gasteiger partial charge in [-0.05, 0) is 45.9 Å². The van der Waals surface area contributed by atoms with Gasteiger partial charge in [0.2, 0.25) is 0 Å². The first-order valence-electron chi connectivity index (χ1n) is 5.98. The van der Waals surface area contributed by atoms with Crippen LogP contribution < -0.4 is 10.5 Å². The van der Waals surface area contributed by atoms with Crippen LogP contribution in [-0.2, 0) is 0 Å². The molecule has 0 amide bonds. The molecule has 2 N–H and O–H groups in total. The van der Waals surface area contributed by atoms with Crippen molar-refractivity contribution in [3.8, 4) is 16.3 Å². The Kier molecular flexibility index (Phi) is 3.57. The molecule has 1 aromatic carbocycles. The summed E-state index contributed by atoms with van der Waals surface area (Å²) in [6.07, 6.45) is 0.127. The van der Waals surface area contributed by atoms with Crippen molar-refractivity contribution < 1.29 is 4.74 Å². The van der Waals surface area contributed by atoms with E-state index in [2.05, 4.69) is 11.9 Å². The fraction of sp³-hybridized carbons (Fsp3) is 0.357. The molecular formula is C14H18N2OS. The van der Waals surface area contributed by atoms with Gasteiger partial charge < -0.3 is 10.5 Å². The van der Waals surface area contributed by atoms with Crippen molar-refractivity contribution in [3.05, 3.63) is 28.8 Å². The Morgan fingerprint density at radius 2 is 2.00 bits per heavy atom. The first kappa shape index (κ1) is 12.9. The standard InChI is InChI=1S/C14H18N2OS/c1-8(2)17-13-6-5-11(7-12(13)15)14-16-9(3)10(4)18-14/h5-8H,15H2,1-4H3. The number of nitrogen functional groups attached to an aromatic ring is 1. The molecule has 0 aliphatic rings. The second-order valence-electron chi connectivity index (χ2n) is 4.58. The van der Waals surface area contributed by atoms with Crippen molar-refractivity contribution in [1.29, 1.82) is 0 Å². The van der Waals surface area contributed by atoms with Gasteiger partial charge in [-0.2, -0.15) is 0 Å². The largest absolute Gasteiger partial charge is 0.489 e. The number of aromatic nitrogens is 1. The lowest BCUT2D eigenvalue weighted by Crippen LogP contribution is -2.07. The van der Waals surface area contributed by atoms with Crippen LogP contribution in [0.1, 0.15) is 24.4 Å². The maximum absolute atomic E-state index is 6.00. The lowest BCUT2D eigenvalue weighted by atomic mass is 10.2. The van der Waals surface area contributed by atoms with Gasteiger partial charge in [0.1, 0.15) is 10.8 Å². The van der Waals surface area contributed by atoms with Crippen molar-refractivity contribution in [2.45, 2.75) is 33.8 Å². The quantitative estimate of drug-likeness (QED) is 0.856. The number of hydrogen-bond donors (Lipinski definition) is 1. The third-order valence-electron chi connectivity index (χ3n) is 2.65. The summed E-state index contributed by atoms with van der Waals surface area (Å²) in [6, 6.07) is 5.85. The molecule has 0 bridgehead atoms. The molecule has 0 spiro atoms. The smallest absolute Gasteiger partial charge is 0.142 e. The van der Waals surface area contributed by atoms with Crippen LogP contribution in [0.2, 0.25) is 0 Å². The zero-order chi connectivity index (χ0) is 13.3. The molecule has 0 saturated heterocycles. The van der Waals surface area contributed by atoms with Crippen molar-refractivity contribution in [2.24, 2.45) is 0 Å². The molecule has 3 nitrogen and oxygen atoms in total. The molecule has 1 aromatic heterocycles. The normalized spacial score (nSPS) is 10.9. The predicted octanol–water partition coefficient (Wildman–Crippen LogP) is 3.80. The molecule has 96 valence electrons. The molecule has 0 atom stereocenters.